The van der Waals surface area contributed by atoms with E-state index >= 15 is 0 Å². The van der Waals surface area contributed by atoms with E-state index in [-0.39, 0.29) is 5.69 Å². The summed E-state index contributed by atoms with van der Waals surface area (Å²) in [5.74, 6) is 0. The molecule has 0 saturated carbocycles. The summed E-state index contributed by atoms with van der Waals surface area (Å²) in [6.45, 7) is 3.28. The monoisotopic (exact) mass is 407 g/mol. The van der Waals surface area contributed by atoms with Crippen LogP contribution in [-0.4, -0.2) is 22.5 Å². The molecule has 136 valence electrons. The van der Waals surface area contributed by atoms with Crippen LogP contribution in [0, 0.1) is 6.92 Å². The first-order valence-corrected chi connectivity index (χ1v) is 9.74. The van der Waals surface area contributed by atoms with E-state index in [4.69, 9.17) is 23.2 Å². The van der Waals surface area contributed by atoms with E-state index in [1.807, 2.05) is 56.4 Å². The Hall–Kier alpha value is -1.82. The Bertz CT molecular complexity index is 950. The Labute approximate surface area is 166 Å². The van der Waals surface area contributed by atoms with Gasteiger partial charge < -0.3 is 4.90 Å². The van der Waals surface area contributed by atoms with E-state index in [1.54, 1.807) is 3.96 Å². The van der Waals surface area contributed by atoms with E-state index in [0.29, 0.717) is 24.5 Å². The molecule has 26 heavy (non-hydrogen) atoms. The first-order chi connectivity index (χ1) is 12.4. The van der Waals surface area contributed by atoms with Gasteiger partial charge in [0.15, 0.2) is 0 Å². The maximum Gasteiger partial charge on any atom is 0.358 e. The highest BCUT2D eigenvalue weighted by atomic mass is 35.5. The molecule has 0 aliphatic rings. The van der Waals surface area contributed by atoms with Gasteiger partial charge in [-0.1, -0.05) is 35.3 Å². The number of hydrogen-bond acceptors (Lipinski definition) is 4. The van der Waals surface area contributed by atoms with Crippen molar-refractivity contribution in [1.29, 1.82) is 0 Å². The van der Waals surface area contributed by atoms with Crippen LogP contribution in [0.5, 0.6) is 0 Å². The van der Waals surface area contributed by atoms with Gasteiger partial charge in [0.25, 0.3) is 0 Å². The summed E-state index contributed by atoms with van der Waals surface area (Å²) in [6.07, 6.45) is 0.637. The molecule has 0 radical (unpaired) electrons. The number of nitrogens with zero attached hydrogens (tertiary/aromatic N) is 3. The zero-order valence-electron chi connectivity index (χ0n) is 14.6. The molecule has 3 rings (SSSR count). The van der Waals surface area contributed by atoms with Crippen molar-refractivity contribution in [2.45, 2.75) is 19.9 Å². The second-order valence-corrected chi connectivity index (χ2v) is 8.08. The lowest BCUT2D eigenvalue weighted by Crippen LogP contribution is -2.26. The van der Waals surface area contributed by atoms with Gasteiger partial charge in [-0.25, -0.2) is 8.75 Å². The van der Waals surface area contributed by atoms with Crippen LogP contribution in [0.25, 0.3) is 0 Å². The minimum absolute atomic E-state index is 0.194. The lowest BCUT2D eigenvalue weighted by Gasteiger charge is -2.18. The molecule has 0 saturated heterocycles. The van der Waals surface area contributed by atoms with E-state index in [2.05, 4.69) is 9.88 Å². The Kier molecular flexibility index (Phi) is 6.01. The van der Waals surface area contributed by atoms with Crippen LogP contribution < -0.4 is 10.6 Å². The number of halogens is 2. The zero-order valence-corrected chi connectivity index (χ0v) is 16.9. The SMILES string of the molecule is Cc1cc(Cc2nc(=O)n(CCN(C)c3ccc(Cl)cc3)s2)ccc1Cl. The molecule has 7 heteroatoms. The Morgan fingerprint density at radius 1 is 1.15 bits per heavy atom. The maximum absolute atomic E-state index is 12.2. The van der Waals surface area contributed by atoms with Crippen molar-refractivity contribution in [1.82, 2.24) is 8.94 Å². The van der Waals surface area contributed by atoms with Crippen LogP contribution in [0.2, 0.25) is 10.0 Å². The van der Waals surface area contributed by atoms with E-state index in [9.17, 15) is 4.79 Å². The Balaban J connectivity index is 1.65. The molecular weight excluding hydrogens is 389 g/mol. The summed E-state index contributed by atoms with van der Waals surface area (Å²) >= 11 is 13.4. The third kappa shape index (κ3) is 4.67. The fourth-order valence-electron chi connectivity index (χ4n) is 2.62. The highest BCUT2D eigenvalue weighted by Gasteiger charge is 2.09. The fraction of sp³-hybridized carbons (Fsp3) is 0.263. The molecule has 1 heterocycles. The summed E-state index contributed by atoms with van der Waals surface area (Å²) in [4.78, 5) is 18.4. The van der Waals surface area contributed by atoms with E-state index in [1.165, 1.54) is 11.5 Å². The van der Waals surface area contributed by atoms with Crippen molar-refractivity contribution < 1.29 is 0 Å². The second-order valence-electron chi connectivity index (χ2n) is 6.14. The van der Waals surface area contributed by atoms with Gasteiger partial charge >= 0.3 is 5.69 Å². The molecule has 0 aliphatic heterocycles. The topological polar surface area (TPSA) is 38.1 Å². The normalized spacial score (nSPS) is 10.9. The van der Waals surface area contributed by atoms with Gasteiger partial charge in [-0.3, -0.25) is 0 Å². The number of aryl methyl sites for hydroxylation is 1. The average Bonchev–Trinajstić information content (AvgIpc) is 2.96. The van der Waals surface area contributed by atoms with Crippen LogP contribution in [0.3, 0.4) is 0 Å². The predicted molar refractivity (Wildman–Crippen MR) is 110 cm³/mol. The first kappa shape index (κ1) is 19.0. The lowest BCUT2D eigenvalue weighted by molar-refractivity contribution is 0.704. The smallest absolute Gasteiger partial charge is 0.358 e. The minimum Gasteiger partial charge on any atom is -0.373 e. The van der Waals surface area contributed by atoms with Gasteiger partial charge in [-0.2, -0.15) is 4.98 Å². The number of rotatable bonds is 6. The molecule has 0 fully saturated rings. The Morgan fingerprint density at radius 3 is 2.58 bits per heavy atom. The summed E-state index contributed by atoms with van der Waals surface area (Å²) in [5, 5.41) is 2.27. The highest BCUT2D eigenvalue weighted by Crippen LogP contribution is 2.19. The summed E-state index contributed by atoms with van der Waals surface area (Å²) < 4.78 is 1.70. The van der Waals surface area contributed by atoms with Crippen LogP contribution in [0.15, 0.2) is 47.3 Å². The second kappa shape index (κ2) is 8.25. The number of benzene rings is 2. The molecule has 0 aliphatic carbocycles. The summed E-state index contributed by atoms with van der Waals surface area (Å²) in [5.41, 5.74) is 3.00. The van der Waals surface area contributed by atoms with Crippen LogP contribution in [0.1, 0.15) is 16.1 Å². The van der Waals surface area contributed by atoms with Gasteiger partial charge in [0.2, 0.25) is 0 Å². The van der Waals surface area contributed by atoms with Gasteiger partial charge in [-0.05, 0) is 59.9 Å². The summed E-state index contributed by atoms with van der Waals surface area (Å²) in [7, 11) is 1.99. The van der Waals surface area contributed by atoms with E-state index in [0.717, 1.165) is 26.8 Å². The molecule has 0 atom stereocenters. The zero-order chi connectivity index (χ0) is 18.7. The predicted octanol–water partition coefficient (Wildman–Crippen LogP) is 4.65. The molecule has 2 aromatic carbocycles. The molecule has 3 aromatic rings. The molecule has 0 bridgehead atoms. The van der Waals surface area contributed by atoms with Gasteiger partial charge in [0, 0.05) is 35.7 Å². The maximum atomic E-state index is 12.2. The minimum atomic E-state index is -0.194. The number of anilines is 1. The third-order valence-corrected chi connectivity index (χ3v) is 5.81. The number of likely N-dealkylation sites (N-methyl/N-ethyl adjacent to an activating group) is 1. The summed E-state index contributed by atoms with van der Waals surface area (Å²) in [6, 6.07) is 13.5. The average molecular weight is 408 g/mol. The van der Waals surface area contributed by atoms with Crippen molar-refractivity contribution in [3.63, 3.8) is 0 Å². The molecular formula is C19H19Cl2N3OS. The molecule has 4 nitrogen and oxygen atoms in total. The van der Waals surface area contributed by atoms with Crippen LogP contribution in [0.4, 0.5) is 5.69 Å². The standard InChI is InChI=1S/C19H19Cl2N3OS/c1-13-11-14(3-8-17(13)21)12-18-22-19(25)24(26-18)10-9-23(2)16-6-4-15(20)5-7-16/h3-8,11H,9-10,12H2,1-2H3. The molecule has 0 spiro atoms. The van der Waals surface area contributed by atoms with Crippen LogP contribution in [-0.2, 0) is 13.0 Å². The highest BCUT2D eigenvalue weighted by molar-refractivity contribution is 7.06. The van der Waals surface area contributed by atoms with Gasteiger partial charge in [0.05, 0.1) is 6.54 Å². The number of aromatic nitrogens is 2. The number of hydrogen-bond donors (Lipinski definition) is 0. The molecule has 0 amide bonds. The van der Waals surface area contributed by atoms with Crippen molar-refractivity contribution >= 4 is 40.4 Å². The molecule has 0 unspecified atom stereocenters. The van der Waals surface area contributed by atoms with Crippen LogP contribution >= 0.6 is 34.7 Å². The van der Waals surface area contributed by atoms with Gasteiger partial charge in [0.1, 0.15) is 5.01 Å². The van der Waals surface area contributed by atoms with Crippen molar-refractivity contribution in [2.75, 3.05) is 18.5 Å². The van der Waals surface area contributed by atoms with Crippen molar-refractivity contribution in [3.05, 3.63) is 79.1 Å². The quantitative estimate of drug-likeness (QED) is 0.596. The van der Waals surface area contributed by atoms with Crippen molar-refractivity contribution in [2.24, 2.45) is 0 Å². The molecule has 0 N–H and O–H groups in total. The Morgan fingerprint density at radius 2 is 1.88 bits per heavy atom. The largest absolute Gasteiger partial charge is 0.373 e. The first-order valence-electron chi connectivity index (χ1n) is 8.21. The third-order valence-electron chi connectivity index (χ3n) is 4.13. The van der Waals surface area contributed by atoms with Crippen molar-refractivity contribution in [3.8, 4) is 0 Å². The fourth-order valence-corrected chi connectivity index (χ4v) is 3.76. The molecule has 1 aromatic heterocycles. The lowest BCUT2D eigenvalue weighted by atomic mass is 10.1. The van der Waals surface area contributed by atoms with E-state index < -0.39 is 0 Å². The van der Waals surface area contributed by atoms with Gasteiger partial charge in [-0.15, -0.1) is 0 Å².